The maximum absolute atomic E-state index is 16.5. The first-order valence-electron chi connectivity index (χ1n) is 27.5. The van der Waals surface area contributed by atoms with Gasteiger partial charge in [-0.15, -0.1) is 0 Å². The zero-order valence-electron chi connectivity index (χ0n) is 44.6. The summed E-state index contributed by atoms with van der Waals surface area (Å²) in [7, 11) is -3.82. The van der Waals surface area contributed by atoms with E-state index in [2.05, 4.69) is 93.3 Å². The van der Waals surface area contributed by atoms with Crippen LogP contribution in [0.4, 0.5) is 0 Å². The molecule has 0 spiro atoms. The minimum Gasteiger partial charge on any atom is -0.356 e. The van der Waals surface area contributed by atoms with Gasteiger partial charge in [-0.2, -0.15) is 9.57 Å². The van der Waals surface area contributed by atoms with Crippen LogP contribution in [0, 0.1) is 23.2 Å². The maximum atomic E-state index is 16.5. The van der Waals surface area contributed by atoms with E-state index in [1.807, 2.05) is 134 Å². The number of ketones is 1. The largest absolute Gasteiger partial charge is 0.356 e. The quantitative estimate of drug-likeness (QED) is 0.0539. The van der Waals surface area contributed by atoms with Crippen molar-refractivity contribution in [3.8, 4) is 6.07 Å². The van der Waals surface area contributed by atoms with Gasteiger partial charge >= 0.3 is 0 Å². The van der Waals surface area contributed by atoms with Gasteiger partial charge in [-0.3, -0.25) is 14.5 Å². The van der Waals surface area contributed by atoms with E-state index >= 15 is 4.79 Å². The molecule has 0 radical (unpaired) electrons. The van der Waals surface area contributed by atoms with Crippen LogP contribution >= 0.6 is 0 Å². The molecule has 402 valence electrons. The van der Waals surface area contributed by atoms with Crippen molar-refractivity contribution in [1.29, 1.82) is 5.26 Å². The lowest BCUT2D eigenvalue weighted by atomic mass is 9.76. The van der Waals surface area contributed by atoms with Crippen molar-refractivity contribution in [2.45, 2.75) is 40.4 Å². The number of amides is 1. The monoisotopic (exact) mass is 1090 g/mol. The van der Waals surface area contributed by atoms with Crippen molar-refractivity contribution in [1.82, 2.24) is 33.6 Å². The lowest BCUT2D eigenvalue weighted by molar-refractivity contribution is -0.132. The van der Waals surface area contributed by atoms with E-state index in [1.54, 1.807) is 59.5 Å². The third kappa shape index (κ3) is 8.84. The van der Waals surface area contributed by atoms with E-state index in [9.17, 15) is 18.5 Å². The first-order valence-corrected chi connectivity index (χ1v) is 28.9. The molecule has 4 heterocycles. The van der Waals surface area contributed by atoms with Crippen LogP contribution in [0.15, 0.2) is 278 Å². The van der Waals surface area contributed by atoms with Crippen molar-refractivity contribution in [2.75, 3.05) is 13.1 Å². The normalized spacial score (nSPS) is 18.2. The van der Waals surface area contributed by atoms with E-state index in [1.165, 1.54) is 10.4 Å². The van der Waals surface area contributed by atoms with Crippen molar-refractivity contribution in [3.05, 3.63) is 329 Å². The van der Waals surface area contributed by atoms with Crippen LogP contribution in [0.2, 0.25) is 0 Å². The fraction of sp³-hybridized carbons (Fsp3) is 0.145. The van der Waals surface area contributed by atoms with E-state index in [0.717, 1.165) is 33.4 Å². The van der Waals surface area contributed by atoms with Crippen LogP contribution in [-0.2, 0) is 38.7 Å². The number of nitriles is 1. The number of piperidine rings is 1. The van der Waals surface area contributed by atoms with E-state index in [0.29, 0.717) is 28.3 Å². The summed E-state index contributed by atoms with van der Waals surface area (Å²) in [5.41, 5.74) is 4.71. The number of carbonyl (C=O) groups is 2. The Morgan fingerprint density at radius 3 is 1.29 bits per heavy atom. The third-order valence-corrected chi connectivity index (χ3v) is 18.6. The van der Waals surface area contributed by atoms with Crippen molar-refractivity contribution in [3.63, 3.8) is 0 Å². The van der Waals surface area contributed by atoms with E-state index in [-0.39, 0.29) is 54.4 Å². The highest BCUT2D eigenvalue weighted by atomic mass is 32.2. The number of hydrogen-bond donors (Lipinski definition) is 1. The molecule has 1 amide bonds. The Kier molecular flexibility index (Phi) is 13.3. The number of nitrogens with zero attached hydrogens (tertiary/aromatic N) is 7. The average Bonchev–Trinajstić information content (AvgIpc) is 2.74. The minimum absolute atomic E-state index is 0.0663. The summed E-state index contributed by atoms with van der Waals surface area (Å²) in [6, 6.07) is 78.5. The average molecular weight is 1090 g/mol. The zero-order chi connectivity index (χ0) is 55.9. The molecule has 1 N–H and O–H groups in total. The molecule has 13 heteroatoms. The molecule has 2 saturated heterocycles. The van der Waals surface area contributed by atoms with Gasteiger partial charge in [0.15, 0.2) is 5.78 Å². The first kappa shape index (κ1) is 51.7. The predicted molar refractivity (Wildman–Crippen MR) is 313 cm³/mol. The highest BCUT2D eigenvalue weighted by Crippen LogP contribution is 2.53. The summed E-state index contributed by atoms with van der Waals surface area (Å²) < 4.78 is 33.9. The first-order chi connectivity index (χ1) is 40.1. The highest BCUT2D eigenvalue weighted by molar-refractivity contribution is 7.89. The summed E-state index contributed by atoms with van der Waals surface area (Å²) in [6.07, 6.45) is 9.34. The second kappa shape index (κ2) is 21.1. The summed E-state index contributed by atoms with van der Waals surface area (Å²) in [5.74, 6) is -0.774. The standard InChI is InChI=1S/C69H56N8O4S/c70-43-50-36-38-51(39-37-50)63(78)40-64-73-67(66(79)77(64)65-61-46-76(47-62(61)65)82(80,81)60-34-20-7-21-35-60,41-58-44-74(48-71-58)68(52-22-8-1-9-23-52,53-24-10-2-11-25-53)54-26-12-3-13-27-54)42-59-45-75(49-72-59)69(55-28-14-4-15-29-55,56-30-16-5-17-31-56)57-32-18-6-19-33-57/h1-40,44-45,48-49,61-62,65,73H,41-42,46-47H2. The molecule has 3 aliphatic rings. The number of sulfonamides is 1. The topological polar surface area (TPSA) is 146 Å². The molecule has 2 atom stereocenters. The Morgan fingerprint density at radius 1 is 0.561 bits per heavy atom. The van der Waals surface area contributed by atoms with E-state index in [4.69, 9.17) is 9.97 Å². The Balaban J connectivity index is 0.964. The van der Waals surface area contributed by atoms with Crippen LogP contribution in [0.25, 0.3) is 0 Å². The van der Waals surface area contributed by atoms with Gasteiger partial charge in [0.05, 0.1) is 40.6 Å². The van der Waals surface area contributed by atoms with E-state index < -0.39 is 32.7 Å². The van der Waals surface area contributed by atoms with Crippen molar-refractivity contribution in [2.24, 2.45) is 11.8 Å². The Hall–Kier alpha value is -9.74. The van der Waals surface area contributed by atoms with Gasteiger partial charge in [0.25, 0.3) is 5.91 Å². The van der Waals surface area contributed by atoms with Crippen LogP contribution in [0.1, 0.15) is 60.7 Å². The number of fused-ring (bicyclic) bond motifs is 1. The highest BCUT2D eigenvalue weighted by Gasteiger charge is 2.66. The Labute approximate surface area is 477 Å². The molecule has 13 rings (SSSR count). The third-order valence-electron chi connectivity index (χ3n) is 16.8. The Morgan fingerprint density at radius 2 is 0.927 bits per heavy atom. The number of nitrogens with one attached hydrogen (secondary N) is 1. The number of allylic oxidation sites excluding steroid dienone is 1. The molecule has 2 aromatic heterocycles. The van der Waals surface area contributed by atoms with Crippen LogP contribution in [-0.4, -0.2) is 73.1 Å². The zero-order valence-corrected chi connectivity index (χ0v) is 45.5. The number of aromatic nitrogens is 4. The number of imidazole rings is 2. The van der Waals surface area contributed by atoms with Crippen molar-refractivity contribution >= 4 is 21.7 Å². The lowest BCUT2D eigenvalue weighted by Gasteiger charge is -2.37. The molecule has 10 aromatic rings. The molecule has 82 heavy (non-hydrogen) atoms. The van der Waals surface area contributed by atoms with Crippen molar-refractivity contribution < 1.29 is 18.0 Å². The second-order valence-corrected chi connectivity index (χ2v) is 23.4. The number of hydrogen-bond acceptors (Lipinski definition) is 8. The summed E-state index contributed by atoms with van der Waals surface area (Å²) >= 11 is 0. The summed E-state index contributed by atoms with van der Waals surface area (Å²) in [5, 5.41) is 13.3. The number of carbonyl (C=O) groups excluding carboxylic acids is 2. The van der Waals surface area contributed by atoms with Gasteiger partial charge in [0, 0.05) is 67.8 Å². The van der Waals surface area contributed by atoms with Gasteiger partial charge in [0.2, 0.25) is 10.0 Å². The van der Waals surface area contributed by atoms with Crippen LogP contribution < -0.4 is 5.32 Å². The fourth-order valence-corrected chi connectivity index (χ4v) is 14.5. The number of benzene rings is 8. The van der Waals surface area contributed by atoms with Gasteiger partial charge in [-0.05, 0) is 69.8 Å². The van der Waals surface area contributed by atoms with Gasteiger partial charge < -0.3 is 14.5 Å². The SMILES string of the molecule is N#Cc1ccc(C(=O)C=C2NC(Cc3cn(C(c4ccccc4)(c4ccccc4)c4ccccc4)cn3)(Cc3cn(C(c4ccccc4)(c4ccccc4)c4ccccc4)cn3)C(=O)N2C2C3CN(S(=O)(=O)c4ccccc4)CC32)cc1. The molecule has 12 nitrogen and oxygen atoms in total. The molecule has 0 bridgehead atoms. The molecule has 1 aliphatic carbocycles. The molecule has 2 aliphatic heterocycles. The second-order valence-electron chi connectivity index (χ2n) is 21.4. The molecule has 8 aromatic carbocycles. The summed E-state index contributed by atoms with van der Waals surface area (Å²) in [6.45, 7) is 0.409. The minimum atomic E-state index is -3.82. The molecule has 3 fully saturated rings. The lowest BCUT2D eigenvalue weighted by Crippen LogP contribution is -2.51. The maximum Gasteiger partial charge on any atom is 0.254 e. The molecule has 2 unspecified atom stereocenters. The smallest absolute Gasteiger partial charge is 0.254 e. The van der Waals surface area contributed by atoms with Gasteiger partial charge in [0.1, 0.15) is 22.4 Å². The van der Waals surface area contributed by atoms with Gasteiger partial charge in [-0.25, -0.2) is 18.4 Å². The molecule has 1 saturated carbocycles. The van der Waals surface area contributed by atoms with Crippen LogP contribution in [0.3, 0.4) is 0 Å². The fourth-order valence-electron chi connectivity index (χ4n) is 13.0. The van der Waals surface area contributed by atoms with Gasteiger partial charge in [-0.1, -0.05) is 200 Å². The summed E-state index contributed by atoms with van der Waals surface area (Å²) in [4.78, 5) is 43.4. The molecular weight excluding hydrogens is 1040 g/mol. The number of rotatable bonds is 17. The Bertz CT molecular complexity index is 3740. The van der Waals surface area contributed by atoms with Crippen LogP contribution in [0.5, 0.6) is 0 Å². The predicted octanol–water partition coefficient (Wildman–Crippen LogP) is 10.6. The molecular formula is C69H56N8O4S.